The Hall–Kier alpha value is -1.81. The van der Waals surface area contributed by atoms with E-state index in [0.29, 0.717) is 17.0 Å². The number of nitrogens with zero attached hydrogens (tertiary/aromatic N) is 2. The number of pyridine rings is 1. The maximum absolute atomic E-state index is 13.2. The molecular formula is C22H29ClN2O2. The van der Waals surface area contributed by atoms with Crippen molar-refractivity contribution in [3.8, 4) is 5.75 Å². The largest absolute Gasteiger partial charge is 0.506 e. The molecule has 146 valence electrons. The summed E-state index contributed by atoms with van der Waals surface area (Å²) in [6, 6.07) is 3.84. The van der Waals surface area contributed by atoms with Crippen molar-refractivity contribution in [1.82, 2.24) is 4.57 Å². The molecule has 0 atom stereocenters. The van der Waals surface area contributed by atoms with Gasteiger partial charge in [0.25, 0.3) is 5.56 Å². The van der Waals surface area contributed by atoms with Crippen molar-refractivity contribution < 1.29 is 5.11 Å². The minimum absolute atomic E-state index is 0.00750. The minimum Gasteiger partial charge on any atom is -0.506 e. The Bertz CT molecular complexity index is 896. The van der Waals surface area contributed by atoms with Crippen LogP contribution >= 0.6 is 11.6 Å². The maximum atomic E-state index is 13.2. The predicted molar refractivity (Wildman–Crippen MR) is 114 cm³/mol. The van der Waals surface area contributed by atoms with E-state index in [0.717, 1.165) is 43.2 Å². The Morgan fingerprint density at radius 2 is 2.00 bits per heavy atom. The zero-order chi connectivity index (χ0) is 19.4. The van der Waals surface area contributed by atoms with Crippen LogP contribution in [0.15, 0.2) is 21.9 Å². The highest BCUT2D eigenvalue weighted by Gasteiger charge is 2.18. The number of hydrogen-bond acceptors (Lipinski definition) is 3. The Balaban J connectivity index is 2.12. The first-order valence-corrected chi connectivity index (χ1v) is 10.5. The lowest BCUT2D eigenvalue weighted by molar-refractivity contribution is 0.444. The van der Waals surface area contributed by atoms with Gasteiger partial charge in [-0.3, -0.25) is 9.79 Å². The van der Waals surface area contributed by atoms with E-state index in [2.05, 4.69) is 11.9 Å². The molecule has 4 nitrogen and oxygen atoms in total. The quantitative estimate of drug-likeness (QED) is 0.516. The van der Waals surface area contributed by atoms with E-state index in [4.69, 9.17) is 11.6 Å². The number of halogens is 1. The lowest BCUT2D eigenvalue weighted by atomic mass is 9.96. The van der Waals surface area contributed by atoms with Gasteiger partial charge in [0.2, 0.25) is 0 Å². The van der Waals surface area contributed by atoms with Crippen LogP contribution in [0, 0.1) is 6.92 Å². The van der Waals surface area contributed by atoms with E-state index < -0.39 is 0 Å². The second-order valence-electron chi connectivity index (χ2n) is 7.62. The summed E-state index contributed by atoms with van der Waals surface area (Å²) < 4.78 is 1.79. The zero-order valence-electron chi connectivity index (χ0n) is 16.3. The van der Waals surface area contributed by atoms with Gasteiger partial charge in [0, 0.05) is 29.2 Å². The molecule has 5 heteroatoms. The highest BCUT2D eigenvalue weighted by atomic mass is 35.5. The van der Waals surface area contributed by atoms with Crippen LogP contribution < -0.4 is 5.56 Å². The molecule has 0 radical (unpaired) electrons. The van der Waals surface area contributed by atoms with Crippen LogP contribution in [0.25, 0.3) is 10.9 Å². The Morgan fingerprint density at radius 1 is 1.26 bits per heavy atom. The van der Waals surface area contributed by atoms with E-state index in [9.17, 15) is 9.90 Å². The van der Waals surface area contributed by atoms with Crippen molar-refractivity contribution >= 4 is 28.7 Å². The van der Waals surface area contributed by atoms with Crippen molar-refractivity contribution in [2.24, 2.45) is 4.99 Å². The number of aromatic hydroxyl groups is 1. The molecule has 0 spiro atoms. The van der Waals surface area contributed by atoms with Crippen LogP contribution in [-0.2, 0) is 6.54 Å². The van der Waals surface area contributed by atoms with Crippen LogP contribution in [0.1, 0.15) is 69.4 Å². The summed E-state index contributed by atoms with van der Waals surface area (Å²) in [6.07, 6.45) is 10.4. The fourth-order valence-corrected chi connectivity index (χ4v) is 4.30. The second kappa shape index (κ2) is 8.92. The molecule has 0 amide bonds. The molecule has 1 fully saturated rings. The maximum Gasteiger partial charge on any atom is 0.263 e. The third-order valence-electron chi connectivity index (χ3n) is 5.50. The van der Waals surface area contributed by atoms with Crippen LogP contribution in [0.5, 0.6) is 5.75 Å². The molecule has 2 aromatic rings. The molecule has 0 bridgehead atoms. The van der Waals surface area contributed by atoms with Gasteiger partial charge in [-0.15, -0.1) is 0 Å². The highest BCUT2D eigenvalue weighted by Crippen LogP contribution is 2.31. The van der Waals surface area contributed by atoms with E-state index in [1.807, 2.05) is 13.0 Å². The molecule has 3 rings (SSSR count). The number of fused-ring (bicyclic) bond motifs is 1. The second-order valence-corrected chi connectivity index (χ2v) is 8.05. The van der Waals surface area contributed by atoms with E-state index in [1.165, 1.54) is 19.3 Å². The number of aryl methyl sites for hydroxylation is 2. The molecule has 1 heterocycles. The fraction of sp³-hybridized carbons (Fsp3) is 0.545. The van der Waals surface area contributed by atoms with Crippen molar-refractivity contribution in [3.05, 3.63) is 38.6 Å². The van der Waals surface area contributed by atoms with Crippen molar-refractivity contribution in [1.29, 1.82) is 0 Å². The lowest BCUT2D eigenvalue weighted by Gasteiger charge is -2.18. The first kappa shape index (κ1) is 19.9. The molecule has 1 aliphatic carbocycles. The van der Waals surface area contributed by atoms with Crippen molar-refractivity contribution in [2.45, 2.75) is 77.8 Å². The zero-order valence-corrected chi connectivity index (χ0v) is 17.1. The molecule has 0 unspecified atom stereocenters. The number of benzene rings is 1. The normalized spacial score (nSPS) is 15.8. The highest BCUT2D eigenvalue weighted by molar-refractivity contribution is 6.31. The summed E-state index contributed by atoms with van der Waals surface area (Å²) in [6.45, 7) is 4.71. The first-order chi connectivity index (χ1) is 13.0. The Labute approximate surface area is 165 Å². The molecular weight excluding hydrogens is 360 g/mol. The van der Waals surface area contributed by atoms with Crippen LogP contribution in [0.2, 0.25) is 5.02 Å². The van der Waals surface area contributed by atoms with Gasteiger partial charge in [-0.05, 0) is 43.9 Å². The Kier molecular flexibility index (Phi) is 6.59. The number of unbranched alkanes of at least 4 members (excludes halogenated alkanes) is 2. The van der Waals surface area contributed by atoms with Gasteiger partial charge in [-0.1, -0.05) is 50.6 Å². The molecule has 1 saturated carbocycles. The lowest BCUT2D eigenvalue weighted by Crippen LogP contribution is -2.25. The first-order valence-electron chi connectivity index (χ1n) is 10.1. The molecule has 1 aromatic heterocycles. The molecule has 0 saturated heterocycles. The number of aliphatic imine (C=N–C) groups is 1. The van der Waals surface area contributed by atoms with Gasteiger partial charge in [-0.2, -0.15) is 0 Å². The summed E-state index contributed by atoms with van der Waals surface area (Å²) in [7, 11) is 0. The molecule has 1 aromatic carbocycles. The fourth-order valence-electron chi connectivity index (χ4n) is 4.03. The Morgan fingerprint density at radius 3 is 2.70 bits per heavy atom. The number of rotatable bonds is 6. The van der Waals surface area contributed by atoms with E-state index >= 15 is 0 Å². The van der Waals surface area contributed by atoms with Gasteiger partial charge < -0.3 is 9.67 Å². The van der Waals surface area contributed by atoms with Gasteiger partial charge in [0.1, 0.15) is 11.3 Å². The standard InChI is InChI=1S/C22H29ClN2O2/c1-3-4-8-11-25-20-15(2)12-16(23)13-18(20)21(26)19(22(25)27)14-24-17-9-6-5-7-10-17/h12-14,17,26H,3-11H2,1-2H3. The monoisotopic (exact) mass is 388 g/mol. The van der Waals surface area contributed by atoms with Gasteiger partial charge in [-0.25, -0.2) is 0 Å². The van der Waals surface area contributed by atoms with Crippen LogP contribution in [0.4, 0.5) is 0 Å². The predicted octanol–water partition coefficient (Wildman–Crippen LogP) is 5.61. The number of aromatic nitrogens is 1. The van der Waals surface area contributed by atoms with E-state index in [-0.39, 0.29) is 22.9 Å². The average molecular weight is 389 g/mol. The van der Waals surface area contributed by atoms with Gasteiger partial charge in [0.05, 0.1) is 5.52 Å². The average Bonchev–Trinajstić information content (AvgIpc) is 2.65. The summed E-state index contributed by atoms with van der Waals surface area (Å²) in [5, 5.41) is 12.0. The number of hydrogen-bond donors (Lipinski definition) is 1. The van der Waals surface area contributed by atoms with E-state index in [1.54, 1.807) is 16.8 Å². The summed E-state index contributed by atoms with van der Waals surface area (Å²) in [5.74, 6) is -0.00750. The van der Waals surface area contributed by atoms with Crippen LogP contribution in [0.3, 0.4) is 0 Å². The van der Waals surface area contributed by atoms with Crippen LogP contribution in [-0.4, -0.2) is 21.9 Å². The van der Waals surface area contributed by atoms with Crippen molar-refractivity contribution in [2.75, 3.05) is 0 Å². The summed E-state index contributed by atoms with van der Waals surface area (Å²) in [5.41, 5.74) is 1.79. The smallest absolute Gasteiger partial charge is 0.263 e. The van der Waals surface area contributed by atoms with Gasteiger partial charge in [0.15, 0.2) is 0 Å². The third-order valence-corrected chi connectivity index (χ3v) is 5.71. The van der Waals surface area contributed by atoms with Gasteiger partial charge >= 0.3 is 0 Å². The van der Waals surface area contributed by atoms with Crippen molar-refractivity contribution in [3.63, 3.8) is 0 Å². The molecule has 1 N–H and O–H groups in total. The third kappa shape index (κ3) is 4.37. The molecule has 1 aliphatic rings. The topological polar surface area (TPSA) is 54.6 Å². The SMILES string of the molecule is CCCCCn1c(=O)c(C=NC2CCCCC2)c(O)c2cc(Cl)cc(C)c21. The minimum atomic E-state index is -0.166. The summed E-state index contributed by atoms with van der Waals surface area (Å²) >= 11 is 6.23. The molecule has 27 heavy (non-hydrogen) atoms. The summed E-state index contributed by atoms with van der Waals surface area (Å²) in [4.78, 5) is 17.8. The molecule has 0 aliphatic heterocycles.